The number of hydrogen-bond acceptors (Lipinski definition) is 5. The Kier molecular flexibility index (Phi) is 11.0. The summed E-state index contributed by atoms with van der Waals surface area (Å²) in [5.74, 6) is -0.484. The third kappa shape index (κ3) is 8.39. The Bertz CT molecular complexity index is 1670. The molecule has 0 aromatic heterocycles. The molecule has 4 aromatic rings. The van der Waals surface area contributed by atoms with Crippen LogP contribution < -0.4 is 14.4 Å². The minimum Gasteiger partial charge on any atom is -0.497 e. The maximum atomic E-state index is 14.4. The first-order valence-corrected chi connectivity index (χ1v) is 16.0. The molecule has 0 unspecified atom stereocenters. The first-order chi connectivity index (χ1) is 21.1. The summed E-state index contributed by atoms with van der Waals surface area (Å²) >= 11 is 6.29. The van der Waals surface area contributed by atoms with Gasteiger partial charge in [-0.05, 0) is 61.4 Å². The average molecular weight is 634 g/mol. The molecule has 10 heteroatoms. The third-order valence-corrected chi connectivity index (χ3v) is 8.92. The van der Waals surface area contributed by atoms with Crippen LogP contribution in [0.4, 0.5) is 5.69 Å². The van der Waals surface area contributed by atoms with Gasteiger partial charge in [-0.25, -0.2) is 8.42 Å². The fourth-order valence-electron chi connectivity index (χ4n) is 4.78. The summed E-state index contributed by atoms with van der Waals surface area (Å²) in [5.41, 5.74) is 1.79. The molecule has 8 nitrogen and oxygen atoms in total. The van der Waals surface area contributed by atoms with Crippen LogP contribution in [0.25, 0.3) is 0 Å². The van der Waals surface area contributed by atoms with E-state index in [1.165, 1.54) is 24.1 Å². The Morgan fingerprint density at radius 3 is 2.11 bits per heavy atom. The number of sulfonamides is 1. The number of carbonyl (C=O) groups is 2. The lowest BCUT2D eigenvalue weighted by Gasteiger charge is -2.34. The van der Waals surface area contributed by atoms with Crippen LogP contribution in [0.15, 0.2) is 114 Å². The average Bonchev–Trinajstić information content (AvgIpc) is 3.02. The lowest BCUT2D eigenvalue weighted by atomic mass is 10.0. The molecule has 0 aliphatic carbocycles. The number of ether oxygens (including phenoxy) is 1. The zero-order valence-electron chi connectivity index (χ0n) is 24.9. The molecule has 0 radical (unpaired) electrons. The van der Waals surface area contributed by atoms with E-state index in [1.54, 1.807) is 60.7 Å². The van der Waals surface area contributed by atoms with E-state index in [1.807, 2.05) is 50.2 Å². The van der Waals surface area contributed by atoms with Gasteiger partial charge in [0.05, 0.1) is 17.7 Å². The van der Waals surface area contributed by atoms with E-state index < -0.39 is 28.5 Å². The normalized spacial score (nSPS) is 11.9. The van der Waals surface area contributed by atoms with Gasteiger partial charge in [0.15, 0.2) is 0 Å². The van der Waals surface area contributed by atoms with Crippen LogP contribution in [0.1, 0.15) is 25.0 Å². The lowest BCUT2D eigenvalue weighted by Crippen LogP contribution is -2.54. The van der Waals surface area contributed by atoms with Crippen molar-refractivity contribution in [2.75, 3.05) is 18.0 Å². The molecule has 1 N–H and O–H groups in total. The highest BCUT2D eigenvalue weighted by molar-refractivity contribution is 7.92. The van der Waals surface area contributed by atoms with E-state index in [9.17, 15) is 18.0 Å². The molecule has 0 fully saturated rings. The number of halogens is 1. The van der Waals surface area contributed by atoms with Crippen molar-refractivity contribution in [3.05, 3.63) is 125 Å². The SMILES string of the molecule is COc1cccc(N(CC(=O)N(Cc2cccc(Cl)c2)[C@@H](Cc2ccccc2)C(=O)NC(C)C)S(=O)(=O)c2ccccc2)c1. The van der Waals surface area contributed by atoms with Gasteiger partial charge in [0, 0.05) is 30.1 Å². The van der Waals surface area contributed by atoms with Gasteiger partial charge < -0.3 is 15.0 Å². The molecular weight excluding hydrogens is 598 g/mol. The van der Waals surface area contributed by atoms with Crippen LogP contribution in [0.2, 0.25) is 5.02 Å². The molecule has 4 rings (SSSR count). The fourth-order valence-corrected chi connectivity index (χ4v) is 6.42. The van der Waals surface area contributed by atoms with Gasteiger partial charge in [-0.3, -0.25) is 13.9 Å². The summed E-state index contributed by atoms with van der Waals surface area (Å²) in [5, 5.41) is 3.42. The number of anilines is 1. The molecule has 0 saturated carbocycles. The van der Waals surface area contributed by atoms with E-state index in [0.717, 1.165) is 9.87 Å². The molecule has 0 aliphatic rings. The van der Waals surface area contributed by atoms with Gasteiger partial charge in [0.25, 0.3) is 10.0 Å². The molecule has 2 amide bonds. The van der Waals surface area contributed by atoms with Crippen LogP contribution in [-0.4, -0.2) is 50.9 Å². The van der Waals surface area contributed by atoms with Crippen molar-refractivity contribution in [3.63, 3.8) is 0 Å². The van der Waals surface area contributed by atoms with Gasteiger partial charge in [-0.1, -0.05) is 78.3 Å². The smallest absolute Gasteiger partial charge is 0.264 e. The third-order valence-electron chi connectivity index (χ3n) is 6.90. The maximum absolute atomic E-state index is 14.4. The van der Waals surface area contributed by atoms with Crippen molar-refractivity contribution in [2.45, 2.75) is 43.8 Å². The Morgan fingerprint density at radius 2 is 1.48 bits per heavy atom. The Hall–Kier alpha value is -4.34. The standard InChI is InChI=1S/C34H36ClN3O5S/c1-25(2)36-34(40)32(21-26-12-6-4-7-13-26)37(23-27-14-10-15-28(35)20-27)33(39)24-38(29-16-11-17-30(22-29)43-3)44(41,42)31-18-8-5-9-19-31/h4-20,22,25,32H,21,23-24H2,1-3H3,(H,36,40)/t32-/m0/s1. The van der Waals surface area contributed by atoms with E-state index in [4.69, 9.17) is 16.3 Å². The van der Waals surface area contributed by atoms with Crippen molar-refractivity contribution in [1.29, 1.82) is 0 Å². The second kappa shape index (κ2) is 14.9. The van der Waals surface area contributed by atoms with E-state index >= 15 is 0 Å². The van der Waals surface area contributed by atoms with Gasteiger partial charge >= 0.3 is 0 Å². The van der Waals surface area contributed by atoms with Gasteiger partial charge in [-0.15, -0.1) is 0 Å². The van der Waals surface area contributed by atoms with Crippen molar-refractivity contribution in [3.8, 4) is 5.75 Å². The van der Waals surface area contributed by atoms with Crippen molar-refractivity contribution < 1.29 is 22.7 Å². The summed E-state index contributed by atoms with van der Waals surface area (Å²) in [6.07, 6.45) is 0.219. The Balaban J connectivity index is 1.81. The van der Waals surface area contributed by atoms with Gasteiger partial charge in [-0.2, -0.15) is 0 Å². The molecular formula is C34H36ClN3O5S. The predicted octanol–water partition coefficient (Wildman–Crippen LogP) is 5.71. The minimum atomic E-state index is -4.20. The molecule has 1 atom stereocenters. The molecule has 44 heavy (non-hydrogen) atoms. The number of nitrogens with one attached hydrogen (secondary N) is 1. The summed E-state index contributed by atoms with van der Waals surface area (Å²) in [6, 6.07) is 29.7. The summed E-state index contributed by atoms with van der Waals surface area (Å²) in [4.78, 5) is 29.6. The van der Waals surface area contributed by atoms with Gasteiger partial charge in [0.2, 0.25) is 11.8 Å². The molecule has 4 aromatic carbocycles. The van der Waals surface area contributed by atoms with Crippen LogP contribution in [0, 0.1) is 0 Å². The molecule has 230 valence electrons. The largest absolute Gasteiger partial charge is 0.497 e. The number of amides is 2. The monoisotopic (exact) mass is 633 g/mol. The number of hydrogen-bond donors (Lipinski definition) is 1. The quantitative estimate of drug-likeness (QED) is 0.204. The second-order valence-electron chi connectivity index (χ2n) is 10.5. The summed E-state index contributed by atoms with van der Waals surface area (Å²) in [7, 11) is -2.72. The van der Waals surface area contributed by atoms with E-state index in [-0.39, 0.29) is 35.5 Å². The highest BCUT2D eigenvalue weighted by Crippen LogP contribution is 2.28. The molecule has 0 saturated heterocycles. The Labute approximate surface area is 264 Å². The second-order valence-corrected chi connectivity index (χ2v) is 12.8. The topological polar surface area (TPSA) is 96.0 Å². The molecule has 0 bridgehead atoms. The minimum absolute atomic E-state index is 0.0235. The van der Waals surface area contributed by atoms with Crippen LogP contribution >= 0.6 is 11.6 Å². The maximum Gasteiger partial charge on any atom is 0.264 e. The van der Waals surface area contributed by atoms with Gasteiger partial charge in [0.1, 0.15) is 18.3 Å². The lowest BCUT2D eigenvalue weighted by molar-refractivity contribution is -0.140. The number of methoxy groups -OCH3 is 1. The van der Waals surface area contributed by atoms with E-state index in [0.29, 0.717) is 16.3 Å². The van der Waals surface area contributed by atoms with E-state index in [2.05, 4.69) is 5.32 Å². The molecule has 0 aliphatic heterocycles. The highest BCUT2D eigenvalue weighted by atomic mass is 35.5. The molecule has 0 heterocycles. The first kappa shape index (κ1) is 32.6. The fraction of sp³-hybridized carbons (Fsp3) is 0.235. The van der Waals surface area contributed by atoms with Crippen LogP contribution in [0.5, 0.6) is 5.75 Å². The number of rotatable bonds is 13. The molecule has 0 spiro atoms. The summed E-state index contributed by atoms with van der Waals surface area (Å²) in [6.45, 7) is 3.15. The van der Waals surface area contributed by atoms with Crippen LogP contribution in [0.3, 0.4) is 0 Å². The first-order valence-electron chi connectivity index (χ1n) is 14.2. The van der Waals surface area contributed by atoms with Crippen molar-refractivity contribution in [1.82, 2.24) is 10.2 Å². The van der Waals surface area contributed by atoms with Crippen molar-refractivity contribution in [2.24, 2.45) is 0 Å². The number of carbonyl (C=O) groups excluding carboxylic acids is 2. The summed E-state index contributed by atoms with van der Waals surface area (Å²) < 4.78 is 34.5. The van der Waals surface area contributed by atoms with Crippen LogP contribution in [-0.2, 0) is 32.6 Å². The number of benzene rings is 4. The Morgan fingerprint density at radius 1 is 0.841 bits per heavy atom. The predicted molar refractivity (Wildman–Crippen MR) is 173 cm³/mol. The van der Waals surface area contributed by atoms with Crippen molar-refractivity contribution >= 4 is 39.1 Å². The zero-order chi connectivity index (χ0) is 31.7. The highest BCUT2D eigenvalue weighted by Gasteiger charge is 2.35. The zero-order valence-corrected chi connectivity index (χ0v) is 26.5. The number of nitrogens with zero attached hydrogens (tertiary/aromatic N) is 2.